The maximum absolute atomic E-state index is 12.7. The predicted molar refractivity (Wildman–Crippen MR) is 177 cm³/mol. The molecule has 6 aromatic heterocycles. The summed E-state index contributed by atoms with van der Waals surface area (Å²) >= 11 is 0. The van der Waals surface area contributed by atoms with Crippen molar-refractivity contribution in [2.24, 2.45) is 14.1 Å². The number of hydrogen-bond donors (Lipinski definition) is 4. The first-order chi connectivity index (χ1) is 23.5. The number of pyridine rings is 2. The van der Waals surface area contributed by atoms with Crippen LogP contribution in [-0.2, 0) is 39.5 Å². The minimum Gasteiger partial charge on any atom is -0.382 e. The molecule has 0 aliphatic carbocycles. The second kappa shape index (κ2) is 16.0. The minimum absolute atomic E-state index is 0. The molecule has 6 rings (SSSR count). The van der Waals surface area contributed by atoms with Gasteiger partial charge in [0.2, 0.25) is 0 Å². The zero-order valence-electron chi connectivity index (χ0n) is 26.6. The van der Waals surface area contributed by atoms with Crippen LogP contribution in [0.5, 0.6) is 0 Å². The summed E-state index contributed by atoms with van der Waals surface area (Å²) in [7, 11) is 3.17. The number of aryl methyl sites for hydroxylation is 2. The molecule has 0 saturated heterocycles. The summed E-state index contributed by atoms with van der Waals surface area (Å²) in [6.07, 6.45) is -4.69. The topological polar surface area (TPSA) is 223 Å². The minimum atomic E-state index is -4.55. The molecule has 0 radical (unpaired) electrons. The van der Waals surface area contributed by atoms with Gasteiger partial charge in [-0.15, -0.1) is 24.8 Å². The number of fused-ring (bicyclic) bond motifs is 2. The Morgan fingerprint density at radius 3 is 1.67 bits per heavy atom. The fourth-order valence-corrected chi connectivity index (χ4v) is 4.49. The SMILES string of the molecule is Cl.Cl.Cn1nc(N)c2ncnc(C(=O)NCc3ccnc(C(F)(F)F)c3)c21.Cn1nc2c(C(=O)NCc3ccnc(C(F)(F)F)c3)ncnc2c1N. The molecular formula is C28H26Cl2F6N14O2. The molecule has 0 aliphatic heterocycles. The lowest BCUT2D eigenvalue weighted by Gasteiger charge is -2.09. The van der Waals surface area contributed by atoms with Crippen LogP contribution in [0, 0.1) is 0 Å². The van der Waals surface area contributed by atoms with E-state index in [0.29, 0.717) is 16.6 Å². The number of halogens is 8. The van der Waals surface area contributed by atoms with Crippen LogP contribution in [0.15, 0.2) is 49.3 Å². The second-order valence-corrected chi connectivity index (χ2v) is 10.3. The van der Waals surface area contributed by atoms with E-state index in [1.165, 1.54) is 34.2 Å². The van der Waals surface area contributed by atoms with E-state index in [1.54, 1.807) is 14.1 Å². The van der Waals surface area contributed by atoms with Crippen LogP contribution in [0.4, 0.5) is 38.0 Å². The summed E-state index contributed by atoms with van der Waals surface area (Å²) in [4.78, 5) is 46.9. The van der Waals surface area contributed by atoms with Gasteiger partial charge < -0.3 is 22.1 Å². The Morgan fingerprint density at radius 1 is 0.673 bits per heavy atom. The predicted octanol–water partition coefficient (Wildman–Crippen LogP) is 3.42. The summed E-state index contributed by atoms with van der Waals surface area (Å²) in [5.74, 6) is -0.759. The number of nitrogens with zero attached hydrogens (tertiary/aromatic N) is 10. The van der Waals surface area contributed by atoms with Crippen LogP contribution < -0.4 is 22.1 Å². The number of nitrogens with one attached hydrogen (secondary N) is 2. The number of nitrogen functional groups attached to an aromatic ring is 2. The van der Waals surface area contributed by atoms with E-state index in [9.17, 15) is 35.9 Å². The number of alkyl halides is 6. The summed E-state index contributed by atoms with van der Waals surface area (Å²) in [6, 6.07) is 4.50. The molecule has 6 N–H and O–H groups in total. The number of amides is 2. The molecule has 16 nitrogen and oxygen atoms in total. The van der Waals surface area contributed by atoms with Crippen molar-refractivity contribution in [2.45, 2.75) is 25.4 Å². The lowest BCUT2D eigenvalue weighted by atomic mass is 10.2. The highest BCUT2D eigenvalue weighted by Crippen LogP contribution is 2.29. The molecule has 0 saturated carbocycles. The lowest BCUT2D eigenvalue weighted by molar-refractivity contribution is -0.142. The van der Waals surface area contributed by atoms with Gasteiger partial charge in [0.05, 0.1) is 0 Å². The van der Waals surface area contributed by atoms with Gasteiger partial charge in [-0.1, -0.05) is 0 Å². The average Bonchev–Trinajstić information content (AvgIpc) is 3.54. The van der Waals surface area contributed by atoms with Gasteiger partial charge in [0.25, 0.3) is 11.8 Å². The van der Waals surface area contributed by atoms with Gasteiger partial charge >= 0.3 is 12.4 Å². The first-order valence-electron chi connectivity index (χ1n) is 14.0. The molecule has 0 aliphatic rings. The molecule has 24 heteroatoms. The van der Waals surface area contributed by atoms with Gasteiger partial charge in [0.1, 0.15) is 51.9 Å². The van der Waals surface area contributed by atoms with Crippen molar-refractivity contribution in [3.05, 3.63) is 83.2 Å². The number of carbonyl (C=O) groups is 2. The van der Waals surface area contributed by atoms with Gasteiger partial charge in [-0.2, -0.15) is 36.5 Å². The molecule has 2 amide bonds. The Bertz CT molecular complexity index is 2220. The van der Waals surface area contributed by atoms with E-state index < -0.39 is 35.6 Å². The maximum Gasteiger partial charge on any atom is 0.433 e. The molecule has 276 valence electrons. The zero-order valence-corrected chi connectivity index (χ0v) is 28.2. The van der Waals surface area contributed by atoms with Crippen molar-refractivity contribution < 1.29 is 35.9 Å². The van der Waals surface area contributed by atoms with Crippen molar-refractivity contribution >= 4 is 70.3 Å². The van der Waals surface area contributed by atoms with Crippen molar-refractivity contribution in [1.29, 1.82) is 0 Å². The number of carbonyl (C=O) groups excluding carboxylic acids is 2. The van der Waals surface area contributed by atoms with Crippen LogP contribution in [0.3, 0.4) is 0 Å². The normalized spacial score (nSPS) is 11.2. The fraction of sp³-hybridized carbons (Fsp3) is 0.214. The average molecular weight is 776 g/mol. The lowest BCUT2D eigenvalue weighted by Crippen LogP contribution is -2.25. The molecule has 0 fully saturated rings. The van der Waals surface area contributed by atoms with Crippen LogP contribution >= 0.6 is 24.8 Å². The van der Waals surface area contributed by atoms with Crippen LogP contribution in [-0.4, -0.2) is 61.3 Å². The van der Waals surface area contributed by atoms with Gasteiger partial charge in [-0.3, -0.25) is 28.9 Å². The fourth-order valence-electron chi connectivity index (χ4n) is 4.49. The molecule has 0 spiro atoms. The number of nitrogens with two attached hydrogens (primary N) is 2. The van der Waals surface area contributed by atoms with E-state index in [0.717, 1.165) is 24.5 Å². The zero-order chi connectivity index (χ0) is 36.4. The highest BCUT2D eigenvalue weighted by molar-refractivity contribution is 6.05. The summed E-state index contributed by atoms with van der Waals surface area (Å²) in [6.45, 7) is -0.249. The van der Waals surface area contributed by atoms with Crippen LogP contribution in [0.25, 0.3) is 22.1 Å². The molecule has 0 atom stereocenters. The second-order valence-electron chi connectivity index (χ2n) is 10.3. The molecule has 6 aromatic rings. The monoisotopic (exact) mass is 774 g/mol. The highest BCUT2D eigenvalue weighted by atomic mass is 35.5. The third kappa shape index (κ3) is 8.87. The number of rotatable bonds is 6. The third-order valence-corrected chi connectivity index (χ3v) is 6.88. The van der Waals surface area contributed by atoms with Gasteiger partial charge in [-0.05, 0) is 35.4 Å². The Labute approximate surface area is 300 Å². The molecule has 0 bridgehead atoms. The Morgan fingerprint density at radius 2 is 1.15 bits per heavy atom. The van der Waals surface area contributed by atoms with E-state index >= 15 is 0 Å². The van der Waals surface area contributed by atoms with Gasteiger partial charge in [0, 0.05) is 39.6 Å². The Hall–Kier alpha value is -5.90. The largest absolute Gasteiger partial charge is 0.433 e. The first kappa shape index (κ1) is 40.5. The Balaban J connectivity index is 0.000000270. The Kier molecular flexibility index (Phi) is 12.5. The quantitative estimate of drug-likeness (QED) is 0.179. The van der Waals surface area contributed by atoms with Crippen LogP contribution in [0.1, 0.15) is 43.5 Å². The number of hydrogen-bond acceptors (Lipinski definition) is 12. The number of aromatic nitrogens is 10. The highest BCUT2D eigenvalue weighted by Gasteiger charge is 2.33. The summed E-state index contributed by atoms with van der Waals surface area (Å²) in [5, 5.41) is 13.1. The molecular weight excluding hydrogens is 749 g/mol. The van der Waals surface area contributed by atoms with Gasteiger partial charge in [-0.25, -0.2) is 19.9 Å². The van der Waals surface area contributed by atoms with Crippen molar-refractivity contribution in [1.82, 2.24) is 60.1 Å². The van der Waals surface area contributed by atoms with Gasteiger partial charge in [0.15, 0.2) is 17.2 Å². The van der Waals surface area contributed by atoms with E-state index in [4.69, 9.17) is 11.5 Å². The molecule has 52 heavy (non-hydrogen) atoms. The van der Waals surface area contributed by atoms with Crippen molar-refractivity contribution in [3.63, 3.8) is 0 Å². The van der Waals surface area contributed by atoms with E-state index in [2.05, 4.69) is 50.7 Å². The summed E-state index contributed by atoms with van der Waals surface area (Å²) < 4.78 is 78.7. The van der Waals surface area contributed by atoms with E-state index in [1.807, 2.05) is 0 Å². The standard InChI is InChI=1S/2C14H12F3N7O.2ClH/c1-24-11-9(12(18)23-24)21-6-22-10(11)13(25)20-5-7-2-3-19-8(4-7)14(15,16)17;1-24-12(18)10-9(23-24)11(22-6-21-10)13(25)20-5-7-2-3-19-8(4-7)14(15,16)17;;/h2-4,6H,5H2,1H3,(H2,18,23)(H,20,25);2-4,6H,5,18H2,1H3,(H,20,25);2*1H. The van der Waals surface area contributed by atoms with Crippen molar-refractivity contribution in [2.75, 3.05) is 11.5 Å². The smallest absolute Gasteiger partial charge is 0.382 e. The molecule has 0 unspecified atom stereocenters. The van der Waals surface area contributed by atoms with E-state index in [-0.39, 0.29) is 77.6 Å². The first-order valence-corrected chi connectivity index (χ1v) is 14.0. The van der Waals surface area contributed by atoms with Crippen LogP contribution in [0.2, 0.25) is 0 Å². The van der Waals surface area contributed by atoms with Crippen molar-refractivity contribution in [3.8, 4) is 0 Å². The third-order valence-electron chi connectivity index (χ3n) is 6.88. The molecule has 0 aromatic carbocycles. The maximum atomic E-state index is 12.7. The molecule has 6 heterocycles. The number of anilines is 2. The summed E-state index contributed by atoms with van der Waals surface area (Å²) in [5.41, 5.74) is 11.2.